The number of aliphatic carboxylic acids is 1. The third-order valence-electron chi connectivity index (χ3n) is 2.20. The van der Waals surface area contributed by atoms with Crippen LogP contribution >= 0.6 is 0 Å². The minimum atomic E-state index is -1.42. The Kier molecular flexibility index (Phi) is 5.07. The molecule has 0 unspecified atom stereocenters. The average molecular weight is 272 g/mol. The van der Waals surface area contributed by atoms with Crippen LogP contribution in [0.2, 0.25) is 0 Å². The maximum atomic E-state index is 12.9. The average Bonchev–Trinajstić information content (AvgIpc) is 2.37. The maximum Gasteiger partial charge on any atom is 0.328 e. The number of methoxy groups -OCH3 is 1. The van der Waals surface area contributed by atoms with Gasteiger partial charge in [-0.2, -0.15) is 0 Å². The zero-order valence-corrected chi connectivity index (χ0v) is 10.0. The van der Waals surface area contributed by atoms with Gasteiger partial charge in [-0.1, -0.05) is 0 Å². The van der Waals surface area contributed by atoms with Crippen molar-refractivity contribution in [1.82, 2.24) is 5.32 Å². The van der Waals surface area contributed by atoms with Gasteiger partial charge in [0.1, 0.15) is 11.6 Å². The van der Waals surface area contributed by atoms with Crippen LogP contribution in [0.4, 0.5) is 14.9 Å². The second-order valence-electron chi connectivity index (χ2n) is 3.52. The van der Waals surface area contributed by atoms with Gasteiger partial charge in [0.25, 0.3) is 0 Å². The number of ether oxygens (including phenoxy) is 1. The van der Waals surface area contributed by atoms with E-state index in [1.54, 1.807) is 0 Å². The highest BCUT2D eigenvalue weighted by Gasteiger charge is 2.19. The van der Waals surface area contributed by atoms with Crippen LogP contribution in [0.5, 0.6) is 5.75 Å². The standard InChI is InChI=1S/C11H13FN2O5/c1-19-9-4-6(12)2-3-7(9)13-11(18)14-8(5-15)10(16)17/h2-4,8,15H,5H2,1H3,(H,16,17)(H2,13,14,18)/t8-/m0/s1. The molecule has 104 valence electrons. The molecule has 0 saturated heterocycles. The number of amides is 2. The molecule has 0 aliphatic carbocycles. The molecule has 2 amide bonds. The SMILES string of the molecule is COc1cc(F)ccc1NC(=O)N[C@@H](CO)C(=O)O. The Balaban J connectivity index is 2.74. The number of carboxylic acids is 1. The highest BCUT2D eigenvalue weighted by atomic mass is 19.1. The fourth-order valence-electron chi connectivity index (χ4n) is 1.27. The zero-order chi connectivity index (χ0) is 14.4. The third-order valence-corrected chi connectivity index (χ3v) is 2.20. The monoisotopic (exact) mass is 272 g/mol. The Hall–Kier alpha value is -2.35. The molecule has 0 saturated carbocycles. The fourth-order valence-corrected chi connectivity index (χ4v) is 1.27. The Labute approximate surface area is 108 Å². The number of hydrogen-bond acceptors (Lipinski definition) is 4. The minimum absolute atomic E-state index is 0.0889. The van der Waals surface area contributed by atoms with Crippen molar-refractivity contribution in [2.45, 2.75) is 6.04 Å². The van der Waals surface area contributed by atoms with E-state index in [1.165, 1.54) is 13.2 Å². The number of aliphatic hydroxyl groups excluding tert-OH is 1. The van der Waals surface area contributed by atoms with E-state index in [4.69, 9.17) is 14.9 Å². The van der Waals surface area contributed by atoms with Crippen LogP contribution in [-0.4, -0.2) is 42.0 Å². The van der Waals surface area contributed by atoms with E-state index in [2.05, 4.69) is 5.32 Å². The molecule has 0 aliphatic heterocycles. The van der Waals surface area contributed by atoms with Crippen molar-refractivity contribution in [2.24, 2.45) is 0 Å². The molecular weight excluding hydrogens is 259 g/mol. The Bertz CT molecular complexity index is 480. The molecule has 0 fully saturated rings. The van der Waals surface area contributed by atoms with E-state index in [-0.39, 0.29) is 11.4 Å². The molecule has 1 rings (SSSR count). The molecule has 0 aromatic heterocycles. The Morgan fingerprint density at radius 3 is 2.68 bits per heavy atom. The van der Waals surface area contributed by atoms with Gasteiger partial charge in [-0.05, 0) is 12.1 Å². The third kappa shape index (κ3) is 4.11. The molecule has 8 heteroatoms. The zero-order valence-electron chi connectivity index (χ0n) is 10.0. The number of hydrogen-bond donors (Lipinski definition) is 4. The maximum absolute atomic E-state index is 12.9. The lowest BCUT2D eigenvalue weighted by Crippen LogP contribution is -2.45. The van der Waals surface area contributed by atoms with E-state index in [9.17, 15) is 14.0 Å². The number of aliphatic hydroxyl groups is 1. The van der Waals surface area contributed by atoms with Crippen LogP contribution in [0, 0.1) is 5.82 Å². The largest absolute Gasteiger partial charge is 0.494 e. The Morgan fingerprint density at radius 2 is 2.16 bits per heavy atom. The molecular formula is C11H13FN2O5. The quantitative estimate of drug-likeness (QED) is 0.620. The number of anilines is 1. The lowest BCUT2D eigenvalue weighted by atomic mass is 10.3. The van der Waals surface area contributed by atoms with Crippen LogP contribution in [0.25, 0.3) is 0 Å². The number of halogens is 1. The summed E-state index contributed by atoms with van der Waals surface area (Å²) in [6.07, 6.45) is 0. The summed E-state index contributed by atoms with van der Waals surface area (Å²) < 4.78 is 17.8. The number of benzene rings is 1. The number of carbonyl (C=O) groups is 2. The normalized spacial score (nSPS) is 11.5. The molecule has 0 heterocycles. The van der Waals surface area contributed by atoms with Crippen LogP contribution < -0.4 is 15.4 Å². The van der Waals surface area contributed by atoms with E-state index < -0.39 is 30.5 Å². The van der Waals surface area contributed by atoms with Crippen molar-refractivity contribution in [3.63, 3.8) is 0 Å². The van der Waals surface area contributed by atoms with Crippen LogP contribution in [0.3, 0.4) is 0 Å². The summed E-state index contributed by atoms with van der Waals surface area (Å²) >= 11 is 0. The first-order valence-electron chi connectivity index (χ1n) is 5.22. The molecule has 1 atom stereocenters. The molecule has 0 aliphatic rings. The fraction of sp³-hybridized carbons (Fsp3) is 0.273. The highest BCUT2D eigenvalue weighted by Crippen LogP contribution is 2.24. The van der Waals surface area contributed by atoms with Crippen molar-refractivity contribution in [3.8, 4) is 5.75 Å². The smallest absolute Gasteiger partial charge is 0.328 e. The summed E-state index contributed by atoms with van der Waals surface area (Å²) in [7, 11) is 1.30. The minimum Gasteiger partial charge on any atom is -0.494 e. The van der Waals surface area contributed by atoms with Gasteiger partial charge in [0, 0.05) is 6.07 Å². The molecule has 4 N–H and O–H groups in total. The molecule has 1 aromatic rings. The molecule has 7 nitrogen and oxygen atoms in total. The van der Waals surface area contributed by atoms with E-state index in [0.29, 0.717) is 0 Å². The van der Waals surface area contributed by atoms with Gasteiger partial charge < -0.3 is 25.6 Å². The van der Waals surface area contributed by atoms with Gasteiger partial charge in [-0.3, -0.25) is 0 Å². The second-order valence-corrected chi connectivity index (χ2v) is 3.52. The lowest BCUT2D eigenvalue weighted by Gasteiger charge is -2.14. The van der Waals surface area contributed by atoms with Crippen LogP contribution in [0.15, 0.2) is 18.2 Å². The first-order valence-corrected chi connectivity index (χ1v) is 5.22. The van der Waals surface area contributed by atoms with Gasteiger partial charge in [0.2, 0.25) is 0 Å². The van der Waals surface area contributed by atoms with E-state index in [0.717, 1.165) is 12.1 Å². The van der Waals surface area contributed by atoms with Gasteiger partial charge in [0.15, 0.2) is 6.04 Å². The molecule has 0 bridgehead atoms. The number of carbonyl (C=O) groups excluding carboxylic acids is 1. The van der Waals surface area contributed by atoms with Gasteiger partial charge >= 0.3 is 12.0 Å². The van der Waals surface area contributed by atoms with Gasteiger partial charge in [-0.15, -0.1) is 0 Å². The van der Waals surface area contributed by atoms with Crippen molar-refractivity contribution < 1.29 is 28.9 Å². The van der Waals surface area contributed by atoms with Gasteiger partial charge in [-0.25, -0.2) is 14.0 Å². The van der Waals surface area contributed by atoms with Crippen molar-refractivity contribution in [3.05, 3.63) is 24.0 Å². The predicted molar refractivity (Wildman–Crippen MR) is 63.6 cm³/mol. The lowest BCUT2D eigenvalue weighted by molar-refractivity contribution is -0.140. The Morgan fingerprint density at radius 1 is 1.47 bits per heavy atom. The highest BCUT2D eigenvalue weighted by molar-refractivity contribution is 5.93. The van der Waals surface area contributed by atoms with Gasteiger partial charge in [0.05, 0.1) is 19.4 Å². The van der Waals surface area contributed by atoms with Crippen LogP contribution in [0.1, 0.15) is 0 Å². The summed E-state index contributed by atoms with van der Waals surface area (Å²) in [6, 6.07) is 1.16. The number of nitrogens with one attached hydrogen (secondary N) is 2. The summed E-state index contributed by atoms with van der Waals surface area (Å²) in [5.74, 6) is -1.82. The van der Waals surface area contributed by atoms with Crippen molar-refractivity contribution >= 4 is 17.7 Å². The van der Waals surface area contributed by atoms with E-state index in [1.807, 2.05) is 5.32 Å². The molecule has 1 aromatic carbocycles. The molecule has 0 radical (unpaired) electrons. The summed E-state index contributed by atoms with van der Waals surface area (Å²) in [4.78, 5) is 22.1. The van der Waals surface area contributed by atoms with Crippen molar-refractivity contribution in [1.29, 1.82) is 0 Å². The number of urea groups is 1. The topological polar surface area (TPSA) is 108 Å². The first-order chi connectivity index (χ1) is 8.97. The first kappa shape index (κ1) is 14.7. The summed E-state index contributed by atoms with van der Waals surface area (Å²) in [6.45, 7) is -0.747. The molecule has 0 spiro atoms. The number of carboxylic acid groups (broad SMARTS) is 1. The van der Waals surface area contributed by atoms with Crippen LogP contribution in [-0.2, 0) is 4.79 Å². The number of rotatable bonds is 5. The van der Waals surface area contributed by atoms with Crippen molar-refractivity contribution in [2.75, 3.05) is 19.0 Å². The van der Waals surface area contributed by atoms with E-state index >= 15 is 0 Å². The second kappa shape index (κ2) is 6.55. The summed E-state index contributed by atoms with van der Waals surface area (Å²) in [5.41, 5.74) is 0.170. The summed E-state index contributed by atoms with van der Waals surface area (Å²) in [5, 5.41) is 21.7. The molecule has 19 heavy (non-hydrogen) atoms. The predicted octanol–water partition coefficient (Wildman–Crippen LogP) is 0.401.